The average Bonchev–Trinajstić information content (AvgIpc) is 3.63. The zero-order chi connectivity index (χ0) is 36.3. The van der Waals surface area contributed by atoms with Gasteiger partial charge in [-0.25, -0.2) is 0 Å². The molecule has 2 nitrogen and oxygen atoms in total. The van der Waals surface area contributed by atoms with E-state index in [0.717, 1.165) is 22.7 Å². The van der Waals surface area contributed by atoms with Crippen LogP contribution in [0.15, 0.2) is 206 Å². The molecular weight excluding hydrogens is 685 g/mol. The lowest BCUT2D eigenvalue weighted by molar-refractivity contribution is 1.28. The summed E-state index contributed by atoms with van der Waals surface area (Å²) in [5.74, 6) is 0. The van der Waals surface area contributed by atoms with E-state index in [1.807, 2.05) is 11.3 Å². The van der Waals surface area contributed by atoms with Crippen molar-refractivity contribution in [2.24, 2.45) is 0 Å². The number of fused-ring (bicyclic) bond motifs is 5. The van der Waals surface area contributed by atoms with Crippen LogP contribution in [0, 0.1) is 0 Å². The quantitative estimate of drug-likeness (QED) is 0.169. The van der Waals surface area contributed by atoms with Crippen LogP contribution in [-0.2, 0) is 0 Å². The molecule has 0 N–H and O–H groups in total. The lowest BCUT2D eigenvalue weighted by Gasteiger charge is -2.33. The number of anilines is 6. The summed E-state index contributed by atoms with van der Waals surface area (Å²) in [7, 11) is 0. The highest BCUT2D eigenvalue weighted by molar-refractivity contribution is 7.25. The molecule has 0 spiro atoms. The molecule has 0 fully saturated rings. The summed E-state index contributed by atoms with van der Waals surface area (Å²) in [6.07, 6.45) is 0. The maximum Gasteiger partial charge on any atom is 0.0546 e. The lowest BCUT2D eigenvalue weighted by Crippen LogP contribution is -2.14. The molecule has 9 aromatic carbocycles. The number of hydrogen-bond acceptors (Lipinski definition) is 3. The molecule has 0 amide bonds. The highest BCUT2D eigenvalue weighted by Crippen LogP contribution is 2.51. The van der Waals surface area contributed by atoms with E-state index in [1.54, 1.807) is 0 Å². The van der Waals surface area contributed by atoms with Crippen molar-refractivity contribution < 1.29 is 0 Å². The van der Waals surface area contributed by atoms with Crippen LogP contribution in [0.2, 0.25) is 0 Å². The van der Waals surface area contributed by atoms with Crippen LogP contribution in [-0.4, -0.2) is 0 Å². The summed E-state index contributed by atoms with van der Waals surface area (Å²) in [4.78, 5) is 4.76. The van der Waals surface area contributed by atoms with Crippen LogP contribution in [0.5, 0.6) is 0 Å². The fourth-order valence-corrected chi connectivity index (χ4v) is 9.48. The lowest BCUT2D eigenvalue weighted by atomic mass is 9.91. The second kappa shape index (κ2) is 12.9. The molecule has 3 heteroatoms. The topological polar surface area (TPSA) is 6.48 Å². The first-order chi connectivity index (χ1) is 27.3. The number of nitrogens with zero attached hydrogens (tertiary/aromatic N) is 2. The van der Waals surface area contributed by atoms with Gasteiger partial charge in [0, 0.05) is 53.9 Å². The van der Waals surface area contributed by atoms with Gasteiger partial charge >= 0.3 is 0 Å². The van der Waals surface area contributed by atoms with E-state index in [0.29, 0.717) is 0 Å². The summed E-state index contributed by atoms with van der Waals surface area (Å²) in [5, 5.41) is 5.20. The molecule has 0 atom stereocenters. The predicted molar refractivity (Wildman–Crippen MR) is 236 cm³/mol. The largest absolute Gasteiger partial charge is 0.310 e. The smallest absolute Gasteiger partial charge is 0.0546 e. The third kappa shape index (κ3) is 5.32. The van der Waals surface area contributed by atoms with Crippen LogP contribution in [0.4, 0.5) is 34.1 Å². The average molecular weight is 719 g/mol. The first kappa shape index (κ1) is 31.6. The second-order valence-electron chi connectivity index (χ2n) is 14.2. The maximum atomic E-state index is 2.41. The standard InChI is InChI=1S/C52H34N2S/c1-2-14-40(15-3-1)53(41-28-23-36(24-29-41)39-27-32-51-47(34-39)45-18-5-7-22-50(45)55-51)43-16-8-13-38(33-43)35-25-30-42(31-26-35)54-48-20-6-4-17-44(48)46-19-9-11-37-12-10-21-49(54)52(37)46/h1-34H. The van der Waals surface area contributed by atoms with Crippen LogP contribution in [0.3, 0.4) is 0 Å². The van der Waals surface area contributed by atoms with Crippen molar-refractivity contribution in [1.29, 1.82) is 0 Å². The molecule has 0 aliphatic carbocycles. The Morgan fingerprint density at radius 3 is 1.82 bits per heavy atom. The molecule has 55 heavy (non-hydrogen) atoms. The van der Waals surface area contributed by atoms with Gasteiger partial charge in [0.1, 0.15) is 0 Å². The number of hydrogen-bond donors (Lipinski definition) is 0. The van der Waals surface area contributed by atoms with Gasteiger partial charge in [-0.1, -0.05) is 127 Å². The number of para-hydroxylation sites is 2. The molecule has 1 aromatic heterocycles. The molecule has 0 saturated heterocycles. The van der Waals surface area contributed by atoms with Gasteiger partial charge in [-0.2, -0.15) is 0 Å². The van der Waals surface area contributed by atoms with Crippen LogP contribution < -0.4 is 9.80 Å². The molecule has 0 radical (unpaired) electrons. The van der Waals surface area contributed by atoms with E-state index < -0.39 is 0 Å². The zero-order valence-corrected chi connectivity index (χ0v) is 30.7. The van der Waals surface area contributed by atoms with E-state index >= 15 is 0 Å². The molecule has 2 heterocycles. The first-order valence-corrected chi connectivity index (χ1v) is 19.6. The molecule has 1 aliphatic heterocycles. The van der Waals surface area contributed by atoms with Crippen molar-refractivity contribution in [2.75, 3.05) is 9.80 Å². The van der Waals surface area contributed by atoms with Crippen molar-refractivity contribution in [1.82, 2.24) is 0 Å². The van der Waals surface area contributed by atoms with Crippen molar-refractivity contribution in [3.8, 4) is 33.4 Å². The van der Waals surface area contributed by atoms with Gasteiger partial charge in [-0.05, 0) is 112 Å². The molecular formula is C52H34N2S. The van der Waals surface area contributed by atoms with E-state index in [9.17, 15) is 0 Å². The summed E-state index contributed by atoms with van der Waals surface area (Å²) >= 11 is 1.86. The second-order valence-corrected chi connectivity index (χ2v) is 15.2. The minimum Gasteiger partial charge on any atom is -0.310 e. The van der Waals surface area contributed by atoms with Gasteiger partial charge in [-0.15, -0.1) is 11.3 Å². The molecule has 0 saturated carbocycles. The van der Waals surface area contributed by atoms with Crippen molar-refractivity contribution in [3.63, 3.8) is 0 Å². The van der Waals surface area contributed by atoms with E-state index in [-0.39, 0.29) is 0 Å². The molecule has 10 aromatic rings. The van der Waals surface area contributed by atoms with Crippen LogP contribution in [0.25, 0.3) is 64.3 Å². The Morgan fingerprint density at radius 1 is 0.364 bits per heavy atom. The molecule has 258 valence electrons. The molecule has 1 aliphatic rings. The highest BCUT2D eigenvalue weighted by Gasteiger charge is 2.25. The fraction of sp³-hybridized carbons (Fsp3) is 0. The number of thiophene rings is 1. The van der Waals surface area contributed by atoms with Gasteiger partial charge in [0.15, 0.2) is 0 Å². The number of rotatable bonds is 6. The van der Waals surface area contributed by atoms with E-state index in [1.165, 1.54) is 75.7 Å². The molecule has 11 rings (SSSR count). The van der Waals surface area contributed by atoms with Gasteiger partial charge in [0.25, 0.3) is 0 Å². The Morgan fingerprint density at radius 2 is 0.964 bits per heavy atom. The highest BCUT2D eigenvalue weighted by atomic mass is 32.1. The Bertz CT molecular complexity index is 3030. The fourth-order valence-electron chi connectivity index (χ4n) is 8.40. The number of benzene rings is 9. The summed E-state index contributed by atoms with van der Waals surface area (Å²) < 4.78 is 2.66. The SMILES string of the molecule is c1ccc(N(c2ccc(-c3ccc4sc5ccccc5c4c3)cc2)c2cccc(-c3ccc(N4c5ccccc5-c5cccc6cccc4c56)cc3)c2)cc1. The minimum absolute atomic E-state index is 1.11. The first-order valence-electron chi connectivity index (χ1n) is 18.8. The predicted octanol–water partition coefficient (Wildman–Crippen LogP) is 15.5. The summed E-state index contributed by atoms with van der Waals surface area (Å²) in [6, 6.07) is 75.1. The van der Waals surface area contributed by atoms with Crippen LogP contribution >= 0.6 is 11.3 Å². The van der Waals surface area contributed by atoms with Crippen molar-refractivity contribution >= 4 is 76.4 Å². The normalized spacial score (nSPS) is 12.0. The van der Waals surface area contributed by atoms with Gasteiger partial charge in [0.05, 0.1) is 11.4 Å². The van der Waals surface area contributed by atoms with Gasteiger partial charge < -0.3 is 9.80 Å². The summed E-state index contributed by atoms with van der Waals surface area (Å²) in [6.45, 7) is 0. The maximum absolute atomic E-state index is 2.41. The van der Waals surface area contributed by atoms with Gasteiger partial charge in [0.2, 0.25) is 0 Å². The molecule has 0 bridgehead atoms. The Kier molecular flexibility index (Phi) is 7.39. The zero-order valence-electron chi connectivity index (χ0n) is 29.9. The third-order valence-corrected chi connectivity index (χ3v) is 12.1. The molecule has 0 unspecified atom stereocenters. The third-order valence-electron chi connectivity index (χ3n) is 11.0. The van der Waals surface area contributed by atoms with Crippen molar-refractivity contribution in [3.05, 3.63) is 206 Å². The summed E-state index contributed by atoms with van der Waals surface area (Å²) in [5.41, 5.74) is 14.2. The monoisotopic (exact) mass is 718 g/mol. The van der Waals surface area contributed by atoms with E-state index in [2.05, 4.69) is 216 Å². The van der Waals surface area contributed by atoms with Crippen LogP contribution in [0.1, 0.15) is 0 Å². The Hall–Kier alpha value is -6.94. The Balaban J connectivity index is 0.943. The van der Waals surface area contributed by atoms with Crippen molar-refractivity contribution in [2.45, 2.75) is 0 Å². The van der Waals surface area contributed by atoms with E-state index in [4.69, 9.17) is 0 Å². The minimum atomic E-state index is 1.11. The van der Waals surface area contributed by atoms with Gasteiger partial charge in [-0.3, -0.25) is 0 Å². The Labute approximate surface area is 324 Å².